The molecule has 2 aromatic rings. The van der Waals surface area contributed by atoms with E-state index in [9.17, 15) is 19.7 Å². The van der Waals surface area contributed by atoms with Gasteiger partial charge in [-0.25, -0.2) is 0 Å². The molecule has 1 unspecified atom stereocenters. The smallest absolute Gasteiger partial charge is 0.273 e. The summed E-state index contributed by atoms with van der Waals surface area (Å²) < 4.78 is 11.1. The molecule has 150 valence electrons. The topological polar surface area (TPSA) is 111 Å². The molecule has 2 aliphatic heterocycles. The highest BCUT2D eigenvalue weighted by molar-refractivity contribution is 5.99. The average Bonchev–Trinajstić information content (AvgIpc) is 3.07. The maximum Gasteiger partial charge on any atom is 0.273 e. The minimum Gasteiger partial charge on any atom is -0.486 e. The molecule has 1 saturated heterocycles. The molecule has 1 atom stereocenters. The van der Waals surface area contributed by atoms with Gasteiger partial charge in [-0.1, -0.05) is 6.07 Å². The Morgan fingerprint density at radius 2 is 1.93 bits per heavy atom. The number of aryl methyl sites for hydroxylation is 1. The number of benzene rings is 2. The Morgan fingerprint density at radius 3 is 2.69 bits per heavy atom. The summed E-state index contributed by atoms with van der Waals surface area (Å²) in [6.45, 7) is 2.85. The number of ether oxygens (including phenoxy) is 2. The molecule has 0 bridgehead atoms. The fourth-order valence-electron chi connectivity index (χ4n) is 3.47. The SMILES string of the molecule is Cc1ccc(C(=O)NC2CC(=O)N(c3ccc4c(c3)OCCO4)C2)cc1[N+](=O)[O-]. The number of nitrogens with one attached hydrogen (secondary N) is 1. The molecule has 0 aromatic heterocycles. The Morgan fingerprint density at radius 1 is 1.17 bits per heavy atom. The molecule has 9 nitrogen and oxygen atoms in total. The summed E-state index contributed by atoms with van der Waals surface area (Å²) in [5.74, 6) is 0.648. The first-order valence-electron chi connectivity index (χ1n) is 9.18. The summed E-state index contributed by atoms with van der Waals surface area (Å²) >= 11 is 0. The third kappa shape index (κ3) is 3.71. The highest BCUT2D eigenvalue weighted by atomic mass is 16.6. The van der Waals surface area contributed by atoms with Crippen molar-refractivity contribution >= 4 is 23.2 Å². The van der Waals surface area contributed by atoms with Crippen molar-refractivity contribution in [3.05, 3.63) is 57.6 Å². The molecule has 0 spiro atoms. The molecule has 2 heterocycles. The predicted octanol–water partition coefficient (Wildman–Crippen LogP) is 2.21. The fourth-order valence-corrected chi connectivity index (χ4v) is 3.47. The number of fused-ring (bicyclic) bond motifs is 1. The monoisotopic (exact) mass is 397 g/mol. The second kappa shape index (κ2) is 7.42. The third-order valence-electron chi connectivity index (χ3n) is 4.97. The van der Waals surface area contributed by atoms with Crippen LogP contribution in [0.2, 0.25) is 0 Å². The van der Waals surface area contributed by atoms with E-state index < -0.39 is 16.9 Å². The average molecular weight is 397 g/mol. The summed E-state index contributed by atoms with van der Waals surface area (Å²) in [5, 5.41) is 13.9. The molecule has 2 amide bonds. The van der Waals surface area contributed by atoms with E-state index >= 15 is 0 Å². The van der Waals surface area contributed by atoms with Gasteiger partial charge in [0, 0.05) is 41.9 Å². The van der Waals surface area contributed by atoms with Crippen LogP contribution in [0.3, 0.4) is 0 Å². The van der Waals surface area contributed by atoms with Crippen LogP contribution in [0.5, 0.6) is 11.5 Å². The van der Waals surface area contributed by atoms with Crippen LogP contribution < -0.4 is 19.7 Å². The van der Waals surface area contributed by atoms with Crippen molar-refractivity contribution in [1.82, 2.24) is 5.32 Å². The Kier molecular flexibility index (Phi) is 4.79. The lowest BCUT2D eigenvalue weighted by Crippen LogP contribution is -2.37. The lowest BCUT2D eigenvalue weighted by atomic mass is 10.1. The van der Waals surface area contributed by atoms with E-state index in [1.807, 2.05) is 0 Å². The quantitative estimate of drug-likeness (QED) is 0.625. The van der Waals surface area contributed by atoms with E-state index in [1.54, 1.807) is 30.0 Å². The number of nitro benzene ring substituents is 1. The van der Waals surface area contributed by atoms with Gasteiger partial charge in [-0.2, -0.15) is 0 Å². The van der Waals surface area contributed by atoms with Crippen molar-refractivity contribution in [2.45, 2.75) is 19.4 Å². The first-order valence-corrected chi connectivity index (χ1v) is 9.18. The van der Waals surface area contributed by atoms with E-state index in [-0.39, 0.29) is 23.6 Å². The van der Waals surface area contributed by atoms with E-state index in [1.165, 1.54) is 18.2 Å². The van der Waals surface area contributed by atoms with Crippen molar-refractivity contribution in [3.8, 4) is 11.5 Å². The van der Waals surface area contributed by atoms with Crippen LogP contribution in [-0.2, 0) is 4.79 Å². The molecule has 0 radical (unpaired) electrons. The number of carbonyl (C=O) groups excluding carboxylic acids is 2. The van der Waals surface area contributed by atoms with E-state index in [4.69, 9.17) is 9.47 Å². The van der Waals surface area contributed by atoms with Gasteiger partial charge >= 0.3 is 0 Å². The minimum atomic E-state index is -0.519. The van der Waals surface area contributed by atoms with Crippen LogP contribution in [0.25, 0.3) is 0 Å². The summed E-state index contributed by atoms with van der Waals surface area (Å²) in [5.41, 5.74) is 1.22. The van der Waals surface area contributed by atoms with Crippen molar-refractivity contribution in [2.24, 2.45) is 0 Å². The van der Waals surface area contributed by atoms with Crippen LogP contribution in [-0.4, -0.2) is 42.5 Å². The highest BCUT2D eigenvalue weighted by Crippen LogP contribution is 2.35. The van der Waals surface area contributed by atoms with E-state index in [2.05, 4.69) is 5.32 Å². The maximum absolute atomic E-state index is 12.5. The molecule has 1 N–H and O–H groups in total. The molecule has 0 aliphatic carbocycles. The van der Waals surface area contributed by atoms with Gasteiger partial charge in [0.25, 0.3) is 11.6 Å². The van der Waals surface area contributed by atoms with Gasteiger partial charge in [0.15, 0.2) is 11.5 Å². The predicted molar refractivity (Wildman–Crippen MR) is 103 cm³/mol. The molecule has 1 fully saturated rings. The molecule has 0 saturated carbocycles. The van der Waals surface area contributed by atoms with Gasteiger partial charge in [0.2, 0.25) is 5.91 Å². The van der Waals surface area contributed by atoms with Crippen LogP contribution in [0.15, 0.2) is 36.4 Å². The van der Waals surface area contributed by atoms with Crippen molar-refractivity contribution in [2.75, 3.05) is 24.7 Å². The van der Waals surface area contributed by atoms with Crippen LogP contribution in [0.4, 0.5) is 11.4 Å². The second-order valence-corrected chi connectivity index (χ2v) is 6.97. The summed E-state index contributed by atoms with van der Waals surface area (Å²) in [6, 6.07) is 9.21. The number of nitro groups is 1. The van der Waals surface area contributed by atoms with Gasteiger partial charge in [-0.05, 0) is 25.1 Å². The molecule has 4 rings (SSSR count). The van der Waals surface area contributed by atoms with Gasteiger partial charge in [-0.3, -0.25) is 19.7 Å². The van der Waals surface area contributed by atoms with Crippen LogP contribution in [0.1, 0.15) is 22.3 Å². The van der Waals surface area contributed by atoms with Gasteiger partial charge < -0.3 is 19.7 Å². The van der Waals surface area contributed by atoms with Gasteiger partial charge in [0.05, 0.1) is 11.0 Å². The summed E-state index contributed by atoms with van der Waals surface area (Å²) in [7, 11) is 0. The first-order chi connectivity index (χ1) is 13.9. The normalized spacial score (nSPS) is 17.9. The minimum absolute atomic E-state index is 0.113. The largest absolute Gasteiger partial charge is 0.486 e. The Hall–Kier alpha value is -3.62. The lowest BCUT2D eigenvalue weighted by molar-refractivity contribution is -0.385. The fraction of sp³-hybridized carbons (Fsp3) is 0.300. The zero-order valence-corrected chi connectivity index (χ0v) is 15.7. The van der Waals surface area contributed by atoms with E-state index in [0.717, 1.165) is 0 Å². The molecular formula is C20H19N3O6. The standard InChI is InChI=1S/C20H19N3O6/c1-12-2-3-13(8-16(12)23(26)27)20(25)21-14-9-19(24)22(11-14)15-4-5-17-18(10-15)29-7-6-28-17/h2-5,8,10,14H,6-7,9,11H2,1H3,(H,21,25). The van der Waals surface area contributed by atoms with Gasteiger partial charge in [-0.15, -0.1) is 0 Å². The summed E-state index contributed by atoms with van der Waals surface area (Å²) in [6.07, 6.45) is 0.147. The zero-order chi connectivity index (χ0) is 20.5. The Labute approximate surface area is 166 Å². The van der Waals surface area contributed by atoms with Crippen LogP contribution in [0, 0.1) is 17.0 Å². The van der Waals surface area contributed by atoms with Crippen molar-refractivity contribution in [3.63, 3.8) is 0 Å². The zero-order valence-electron chi connectivity index (χ0n) is 15.7. The first kappa shape index (κ1) is 18.7. The highest BCUT2D eigenvalue weighted by Gasteiger charge is 2.32. The summed E-state index contributed by atoms with van der Waals surface area (Å²) in [4.78, 5) is 37.2. The molecule has 2 aliphatic rings. The van der Waals surface area contributed by atoms with Gasteiger partial charge in [0.1, 0.15) is 13.2 Å². The third-order valence-corrected chi connectivity index (χ3v) is 4.97. The number of amides is 2. The molecular weight excluding hydrogens is 378 g/mol. The number of hydrogen-bond acceptors (Lipinski definition) is 6. The number of rotatable bonds is 4. The lowest BCUT2D eigenvalue weighted by Gasteiger charge is -2.22. The number of nitrogens with zero attached hydrogens (tertiary/aromatic N) is 2. The van der Waals surface area contributed by atoms with E-state index in [0.29, 0.717) is 42.5 Å². The molecule has 2 aromatic carbocycles. The Balaban J connectivity index is 1.46. The second-order valence-electron chi connectivity index (χ2n) is 6.97. The molecule has 29 heavy (non-hydrogen) atoms. The van der Waals surface area contributed by atoms with Crippen LogP contribution >= 0.6 is 0 Å². The molecule has 9 heteroatoms. The number of hydrogen-bond donors (Lipinski definition) is 1. The number of carbonyl (C=O) groups is 2. The number of anilines is 1. The maximum atomic E-state index is 12.5. The van der Waals surface area contributed by atoms with Crippen molar-refractivity contribution < 1.29 is 24.0 Å². The van der Waals surface area contributed by atoms with Crippen molar-refractivity contribution in [1.29, 1.82) is 0 Å². The Bertz CT molecular complexity index is 1010.